The van der Waals surface area contributed by atoms with Crippen molar-refractivity contribution in [1.82, 2.24) is 10.2 Å². The molecule has 1 aromatic rings. The molecule has 1 amide bonds. The van der Waals surface area contributed by atoms with Gasteiger partial charge in [0.15, 0.2) is 0 Å². The number of piperidine rings is 1. The van der Waals surface area contributed by atoms with E-state index in [1.165, 1.54) is 0 Å². The predicted molar refractivity (Wildman–Crippen MR) is 82.9 cm³/mol. The number of carbonyl (C=O) groups is 1. The molecular weight excluding hydrogens is 248 g/mol. The molecule has 110 valence electrons. The normalized spacial score (nSPS) is 22.9. The van der Waals surface area contributed by atoms with E-state index in [2.05, 4.69) is 19.2 Å². The fraction of sp³-hybridized carbons (Fsp3) is 0.588. The van der Waals surface area contributed by atoms with Crippen molar-refractivity contribution in [3.8, 4) is 0 Å². The standard InChI is InChI=1S/C17H26N2O/c1-4-9-18-16-8-10-19(12-14(16)3)17(20)15-7-5-6-13(2)11-15/h5-7,11,14,16,18H,4,8-10,12H2,1-3H3. The van der Waals surface area contributed by atoms with E-state index in [1.807, 2.05) is 36.1 Å². The molecule has 2 unspecified atom stereocenters. The van der Waals surface area contributed by atoms with Crippen LogP contribution in [0.4, 0.5) is 0 Å². The summed E-state index contributed by atoms with van der Waals surface area (Å²) in [6.45, 7) is 9.24. The minimum absolute atomic E-state index is 0.175. The minimum Gasteiger partial charge on any atom is -0.338 e. The molecule has 0 spiro atoms. The molecule has 0 radical (unpaired) electrons. The zero-order valence-electron chi connectivity index (χ0n) is 12.9. The number of carbonyl (C=O) groups excluding carboxylic acids is 1. The first-order chi connectivity index (χ1) is 9.61. The van der Waals surface area contributed by atoms with Gasteiger partial charge in [0.05, 0.1) is 0 Å². The fourth-order valence-electron chi connectivity index (χ4n) is 2.92. The van der Waals surface area contributed by atoms with E-state index in [0.717, 1.165) is 43.6 Å². The number of amides is 1. The molecule has 1 aliphatic heterocycles. The van der Waals surface area contributed by atoms with E-state index in [0.29, 0.717) is 12.0 Å². The molecule has 1 saturated heterocycles. The average molecular weight is 274 g/mol. The summed E-state index contributed by atoms with van der Waals surface area (Å²) in [6.07, 6.45) is 2.22. The molecule has 2 rings (SSSR count). The largest absolute Gasteiger partial charge is 0.338 e. The van der Waals surface area contributed by atoms with Gasteiger partial charge in [-0.25, -0.2) is 0 Å². The van der Waals surface area contributed by atoms with Crippen molar-refractivity contribution in [3.05, 3.63) is 35.4 Å². The third-order valence-electron chi connectivity index (χ3n) is 4.11. The lowest BCUT2D eigenvalue weighted by Crippen LogP contribution is -2.50. The van der Waals surface area contributed by atoms with Crippen LogP contribution < -0.4 is 5.32 Å². The average Bonchev–Trinajstić information content (AvgIpc) is 2.45. The Morgan fingerprint density at radius 3 is 2.90 bits per heavy atom. The lowest BCUT2D eigenvalue weighted by atomic mass is 9.93. The van der Waals surface area contributed by atoms with Gasteiger partial charge in [0.1, 0.15) is 0 Å². The molecule has 1 aromatic carbocycles. The van der Waals surface area contributed by atoms with Crippen LogP contribution in [0.5, 0.6) is 0 Å². The molecule has 3 heteroatoms. The molecule has 1 aliphatic rings. The molecule has 1 fully saturated rings. The number of nitrogens with zero attached hydrogens (tertiary/aromatic N) is 1. The van der Waals surface area contributed by atoms with E-state index >= 15 is 0 Å². The highest BCUT2D eigenvalue weighted by Gasteiger charge is 2.28. The zero-order valence-corrected chi connectivity index (χ0v) is 12.9. The number of benzene rings is 1. The van der Waals surface area contributed by atoms with Crippen molar-refractivity contribution in [1.29, 1.82) is 0 Å². The maximum atomic E-state index is 12.5. The molecule has 0 aromatic heterocycles. The Balaban J connectivity index is 1.97. The summed E-state index contributed by atoms with van der Waals surface area (Å²) in [5, 5.41) is 3.59. The second-order valence-electron chi connectivity index (χ2n) is 5.95. The van der Waals surface area contributed by atoms with Gasteiger partial charge in [-0.2, -0.15) is 0 Å². The summed E-state index contributed by atoms with van der Waals surface area (Å²) < 4.78 is 0. The first kappa shape index (κ1) is 15.0. The SMILES string of the molecule is CCCNC1CCN(C(=O)c2cccc(C)c2)CC1C. The molecular formula is C17H26N2O. The Labute approximate surface area is 122 Å². The Morgan fingerprint density at radius 1 is 1.45 bits per heavy atom. The summed E-state index contributed by atoms with van der Waals surface area (Å²) in [5.74, 6) is 0.693. The summed E-state index contributed by atoms with van der Waals surface area (Å²) >= 11 is 0. The first-order valence-corrected chi connectivity index (χ1v) is 7.71. The van der Waals surface area contributed by atoms with Crippen molar-refractivity contribution in [2.75, 3.05) is 19.6 Å². The van der Waals surface area contributed by atoms with Gasteiger partial charge in [-0.1, -0.05) is 31.5 Å². The number of nitrogens with one attached hydrogen (secondary N) is 1. The smallest absolute Gasteiger partial charge is 0.253 e. The molecule has 20 heavy (non-hydrogen) atoms. The Kier molecular flexibility index (Phi) is 5.18. The van der Waals surface area contributed by atoms with Gasteiger partial charge in [-0.05, 0) is 44.4 Å². The van der Waals surface area contributed by atoms with Crippen LogP contribution in [0.3, 0.4) is 0 Å². The highest BCUT2D eigenvalue weighted by Crippen LogP contribution is 2.19. The maximum absolute atomic E-state index is 12.5. The van der Waals surface area contributed by atoms with E-state index in [4.69, 9.17) is 0 Å². The van der Waals surface area contributed by atoms with Crippen LogP contribution in [0.25, 0.3) is 0 Å². The van der Waals surface area contributed by atoms with Crippen molar-refractivity contribution in [2.24, 2.45) is 5.92 Å². The fourth-order valence-corrected chi connectivity index (χ4v) is 2.92. The molecule has 0 aliphatic carbocycles. The van der Waals surface area contributed by atoms with Crippen molar-refractivity contribution in [3.63, 3.8) is 0 Å². The van der Waals surface area contributed by atoms with Gasteiger partial charge < -0.3 is 10.2 Å². The summed E-state index contributed by atoms with van der Waals surface area (Å²) in [5.41, 5.74) is 1.96. The minimum atomic E-state index is 0.175. The number of likely N-dealkylation sites (tertiary alicyclic amines) is 1. The second-order valence-corrected chi connectivity index (χ2v) is 5.95. The Hall–Kier alpha value is -1.35. The van der Waals surface area contributed by atoms with Crippen LogP contribution in [0.2, 0.25) is 0 Å². The maximum Gasteiger partial charge on any atom is 0.253 e. The van der Waals surface area contributed by atoms with Crippen LogP contribution >= 0.6 is 0 Å². The third kappa shape index (κ3) is 3.60. The van der Waals surface area contributed by atoms with Crippen molar-refractivity contribution < 1.29 is 4.79 Å². The van der Waals surface area contributed by atoms with Gasteiger partial charge in [-0.3, -0.25) is 4.79 Å². The lowest BCUT2D eigenvalue weighted by molar-refractivity contribution is 0.0645. The number of hydrogen-bond donors (Lipinski definition) is 1. The quantitative estimate of drug-likeness (QED) is 0.915. The van der Waals surface area contributed by atoms with E-state index in [9.17, 15) is 4.79 Å². The Morgan fingerprint density at radius 2 is 2.25 bits per heavy atom. The van der Waals surface area contributed by atoms with Crippen LogP contribution in [-0.4, -0.2) is 36.5 Å². The van der Waals surface area contributed by atoms with Crippen LogP contribution in [0, 0.1) is 12.8 Å². The van der Waals surface area contributed by atoms with Crippen molar-refractivity contribution >= 4 is 5.91 Å². The number of rotatable bonds is 4. The Bertz CT molecular complexity index is 458. The third-order valence-corrected chi connectivity index (χ3v) is 4.11. The van der Waals surface area contributed by atoms with Gasteiger partial charge in [0.25, 0.3) is 5.91 Å². The highest BCUT2D eigenvalue weighted by molar-refractivity contribution is 5.94. The van der Waals surface area contributed by atoms with Gasteiger partial charge >= 0.3 is 0 Å². The highest BCUT2D eigenvalue weighted by atomic mass is 16.2. The van der Waals surface area contributed by atoms with E-state index in [-0.39, 0.29) is 5.91 Å². The number of aryl methyl sites for hydroxylation is 1. The lowest BCUT2D eigenvalue weighted by Gasteiger charge is -2.37. The van der Waals surface area contributed by atoms with E-state index in [1.54, 1.807) is 0 Å². The molecule has 1 heterocycles. The first-order valence-electron chi connectivity index (χ1n) is 7.71. The predicted octanol–water partition coefficient (Wildman–Crippen LogP) is 2.85. The molecule has 3 nitrogen and oxygen atoms in total. The number of hydrogen-bond acceptors (Lipinski definition) is 2. The molecule has 1 N–H and O–H groups in total. The topological polar surface area (TPSA) is 32.3 Å². The molecule has 2 atom stereocenters. The zero-order chi connectivity index (χ0) is 14.5. The van der Waals surface area contributed by atoms with Gasteiger partial charge in [-0.15, -0.1) is 0 Å². The monoisotopic (exact) mass is 274 g/mol. The van der Waals surface area contributed by atoms with Crippen LogP contribution in [0.15, 0.2) is 24.3 Å². The van der Waals surface area contributed by atoms with Crippen LogP contribution in [0.1, 0.15) is 42.6 Å². The van der Waals surface area contributed by atoms with Gasteiger partial charge in [0, 0.05) is 24.7 Å². The molecule has 0 bridgehead atoms. The summed E-state index contributed by atoms with van der Waals surface area (Å²) in [7, 11) is 0. The van der Waals surface area contributed by atoms with Gasteiger partial charge in [0.2, 0.25) is 0 Å². The van der Waals surface area contributed by atoms with E-state index < -0.39 is 0 Å². The van der Waals surface area contributed by atoms with Crippen LogP contribution in [-0.2, 0) is 0 Å². The summed E-state index contributed by atoms with van der Waals surface area (Å²) in [4.78, 5) is 14.5. The van der Waals surface area contributed by atoms with Crippen molar-refractivity contribution in [2.45, 2.75) is 39.7 Å². The summed E-state index contributed by atoms with van der Waals surface area (Å²) in [6, 6.07) is 8.44. The molecule has 0 saturated carbocycles. The second kappa shape index (κ2) is 6.89.